The molecule has 0 spiro atoms. The van der Waals surface area contributed by atoms with E-state index in [1.807, 2.05) is 31.2 Å². The highest BCUT2D eigenvalue weighted by molar-refractivity contribution is 7.90. The lowest BCUT2D eigenvalue weighted by molar-refractivity contribution is 0.0949. The normalized spacial score (nSPS) is 14.4. The minimum atomic E-state index is -3.93. The molecule has 2 amide bonds. The van der Waals surface area contributed by atoms with Crippen molar-refractivity contribution in [3.8, 4) is 0 Å². The monoisotopic (exact) mass is 395 g/mol. The van der Waals surface area contributed by atoms with Gasteiger partial charge in [0.1, 0.15) is 10.6 Å². The molecule has 2 N–H and O–H groups in total. The zero-order valence-corrected chi connectivity index (χ0v) is 15.8. The number of fused-ring (bicyclic) bond motifs is 2. The summed E-state index contributed by atoms with van der Waals surface area (Å²) >= 11 is 0. The first kappa shape index (κ1) is 18.0. The van der Waals surface area contributed by atoms with Crippen LogP contribution >= 0.6 is 0 Å². The predicted octanol–water partition coefficient (Wildman–Crippen LogP) is 2.53. The molecule has 0 saturated carbocycles. The van der Waals surface area contributed by atoms with Crippen LogP contribution in [-0.4, -0.2) is 24.2 Å². The van der Waals surface area contributed by atoms with Gasteiger partial charge in [-0.05, 0) is 42.8 Å². The van der Waals surface area contributed by atoms with Gasteiger partial charge in [0.25, 0.3) is 21.8 Å². The van der Waals surface area contributed by atoms with E-state index in [4.69, 9.17) is 0 Å². The average molecular weight is 395 g/mol. The molecule has 0 radical (unpaired) electrons. The van der Waals surface area contributed by atoms with Crippen LogP contribution < -0.4 is 10.6 Å². The lowest BCUT2D eigenvalue weighted by Gasteiger charge is -2.10. The van der Waals surface area contributed by atoms with Crippen molar-refractivity contribution < 1.29 is 18.0 Å². The van der Waals surface area contributed by atoms with E-state index in [2.05, 4.69) is 10.6 Å². The first-order chi connectivity index (χ1) is 13.4. The number of carbonyl (C=O) groups is 2. The highest BCUT2D eigenvalue weighted by Gasteiger charge is 2.30. The summed E-state index contributed by atoms with van der Waals surface area (Å²) in [5.41, 5.74) is 2.43. The maximum atomic E-state index is 12.8. The molecule has 3 aromatic rings. The molecule has 2 heterocycles. The number of aryl methyl sites for hydroxylation is 1. The SMILES string of the molecule is Cc1ccc(CNC(=O)c2ccc3c(c2)NC(=O)c2cccn2S3(=O)=O)cc1. The zero-order valence-electron chi connectivity index (χ0n) is 15.0. The van der Waals surface area contributed by atoms with Crippen LogP contribution in [0.25, 0.3) is 0 Å². The van der Waals surface area contributed by atoms with E-state index >= 15 is 0 Å². The van der Waals surface area contributed by atoms with E-state index in [1.54, 1.807) is 0 Å². The van der Waals surface area contributed by atoms with Gasteiger partial charge in [-0.2, -0.15) is 0 Å². The summed E-state index contributed by atoms with van der Waals surface area (Å²) in [6.07, 6.45) is 1.32. The summed E-state index contributed by atoms with van der Waals surface area (Å²) in [5.74, 6) is -0.914. The minimum Gasteiger partial charge on any atom is -0.348 e. The van der Waals surface area contributed by atoms with Gasteiger partial charge >= 0.3 is 0 Å². The molecular weight excluding hydrogens is 378 g/mol. The summed E-state index contributed by atoms with van der Waals surface area (Å²) in [5, 5.41) is 5.37. The van der Waals surface area contributed by atoms with Crippen molar-refractivity contribution in [2.75, 3.05) is 5.32 Å². The molecule has 8 heteroatoms. The Hall–Kier alpha value is -3.39. The quantitative estimate of drug-likeness (QED) is 0.712. The molecule has 0 saturated heterocycles. The molecule has 0 unspecified atom stereocenters. The molecule has 4 rings (SSSR count). The van der Waals surface area contributed by atoms with Crippen molar-refractivity contribution in [3.63, 3.8) is 0 Å². The predicted molar refractivity (Wildman–Crippen MR) is 104 cm³/mol. The Morgan fingerprint density at radius 2 is 1.86 bits per heavy atom. The molecule has 0 aliphatic carbocycles. The van der Waals surface area contributed by atoms with Crippen LogP contribution in [0.2, 0.25) is 0 Å². The van der Waals surface area contributed by atoms with Crippen molar-refractivity contribution >= 4 is 27.5 Å². The molecule has 1 aliphatic heterocycles. The van der Waals surface area contributed by atoms with Gasteiger partial charge in [-0.3, -0.25) is 9.59 Å². The Morgan fingerprint density at radius 1 is 1.11 bits per heavy atom. The Labute approximate surface area is 162 Å². The van der Waals surface area contributed by atoms with Crippen LogP contribution in [-0.2, 0) is 16.6 Å². The van der Waals surface area contributed by atoms with Crippen molar-refractivity contribution in [1.29, 1.82) is 0 Å². The molecule has 28 heavy (non-hydrogen) atoms. The maximum absolute atomic E-state index is 12.8. The van der Waals surface area contributed by atoms with Crippen molar-refractivity contribution in [2.24, 2.45) is 0 Å². The van der Waals surface area contributed by atoms with Gasteiger partial charge in [0, 0.05) is 18.3 Å². The highest BCUT2D eigenvalue weighted by atomic mass is 32.2. The molecule has 142 valence electrons. The first-order valence-electron chi connectivity index (χ1n) is 8.58. The third-order valence-corrected chi connectivity index (χ3v) is 6.29. The van der Waals surface area contributed by atoms with Crippen LogP contribution in [0.4, 0.5) is 5.69 Å². The summed E-state index contributed by atoms with van der Waals surface area (Å²) in [4.78, 5) is 24.8. The number of hydrogen-bond donors (Lipinski definition) is 2. The molecular formula is C20H17N3O4S. The molecule has 2 aromatic carbocycles. The summed E-state index contributed by atoms with van der Waals surface area (Å²) in [7, 11) is -3.93. The third-order valence-electron chi connectivity index (χ3n) is 4.55. The van der Waals surface area contributed by atoms with Gasteiger partial charge in [-0.1, -0.05) is 29.8 Å². The van der Waals surface area contributed by atoms with Gasteiger partial charge in [-0.25, -0.2) is 12.4 Å². The number of hydrogen-bond acceptors (Lipinski definition) is 4. The highest BCUT2D eigenvalue weighted by Crippen LogP contribution is 2.29. The van der Waals surface area contributed by atoms with E-state index in [1.165, 1.54) is 36.5 Å². The van der Waals surface area contributed by atoms with Crippen LogP contribution in [0.15, 0.2) is 65.7 Å². The smallest absolute Gasteiger partial charge is 0.273 e. The van der Waals surface area contributed by atoms with Gasteiger partial charge in [0.15, 0.2) is 0 Å². The Bertz CT molecular complexity index is 1190. The number of benzene rings is 2. The van der Waals surface area contributed by atoms with Crippen molar-refractivity contribution in [3.05, 3.63) is 83.2 Å². The second-order valence-corrected chi connectivity index (χ2v) is 8.31. The number of nitrogens with one attached hydrogen (secondary N) is 2. The molecule has 0 fully saturated rings. The van der Waals surface area contributed by atoms with E-state index in [-0.39, 0.29) is 27.7 Å². The summed E-state index contributed by atoms with van der Waals surface area (Å²) in [6, 6.07) is 14.8. The van der Waals surface area contributed by atoms with Crippen molar-refractivity contribution in [1.82, 2.24) is 9.29 Å². The average Bonchev–Trinajstić information content (AvgIpc) is 3.15. The van der Waals surface area contributed by atoms with Crippen LogP contribution in [0.3, 0.4) is 0 Å². The number of nitrogens with zero attached hydrogens (tertiary/aromatic N) is 1. The Morgan fingerprint density at radius 3 is 2.61 bits per heavy atom. The third kappa shape index (κ3) is 3.07. The second-order valence-electron chi connectivity index (χ2n) is 6.53. The molecule has 1 aromatic heterocycles. The molecule has 1 aliphatic rings. The summed E-state index contributed by atoms with van der Waals surface area (Å²) < 4.78 is 26.6. The number of aromatic nitrogens is 1. The molecule has 0 bridgehead atoms. The fraction of sp³-hybridized carbons (Fsp3) is 0.100. The van der Waals surface area contributed by atoms with Crippen LogP contribution in [0.5, 0.6) is 0 Å². The van der Waals surface area contributed by atoms with E-state index in [0.29, 0.717) is 6.54 Å². The maximum Gasteiger partial charge on any atom is 0.273 e. The lowest BCUT2D eigenvalue weighted by Crippen LogP contribution is -2.23. The van der Waals surface area contributed by atoms with Gasteiger partial charge in [0.05, 0.1) is 5.69 Å². The largest absolute Gasteiger partial charge is 0.348 e. The fourth-order valence-corrected chi connectivity index (χ4v) is 4.50. The summed E-state index contributed by atoms with van der Waals surface area (Å²) in [6.45, 7) is 2.32. The second kappa shape index (κ2) is 6.65. The zero-order chi connectivity index (χ0) is 19.9. The molecule has 0 atom stereocenters. The van der Waals surface area contributed by atoms with Gasteiger partial charge in [-0.15, -0.1) is 0 Å². The van der Waals surface area contributed by atoms with Crippen molar-refractivity contribution in [2.45, 2.75) is 18.4 Å². The Kier molecular flexibility index (Phi) is 4.27. The van der Waals surface area contributed by atoms with Gasteiger partial charge in [0.2, 0.25) is 0 Å². The molecule has 7 nitrogen and oxygen atoms in total. The van der Waals surface area contributed by atoms with Gasteiger partial charge < -0.3 is 10.6 Å². The number of anilines is 1. The van der Waals surface area contributed by atoms with Crippen LogP contribution in [0.1, 0.15) is 32.0 Å². The number of rotatable bonds is 3. The first-order valence-corrected chi connectivity index (χ1v) is 10.0. The van der Waals surface area contributed by atoms with E-state index in [9.17, 15) is 18.0 Å². The van der Waals surface area contributed by atoms with E-state index in [0.717, 1.165) is 15.1 Å². The Balaban J connectivity index is 1.62. The van der Waals surface area contributed by atoms with Crippen LogP contribution in [0, 0.1) is 6.92 Å². The van der Waals surface area contributed by atoms with E-state index < -0.39 is 15.9 Å². The standard InChI is InChI=1S/C20H17N3O4S/c1-13-4-6-14(7-5-13)12-21-19(24)15-8-9-18-16(11-15)22-20(25)17-3-2-10-23(17)28(18,26)27/h2-11H,12H2,1H3,(H,21,24)(H,22,25). The topological polar surface area (TPSA) is 97.3 Å². The number of carbonyl (C=O) groups excluding carboxylic acids is 2. The number of amides is 2. The fourth-order valence-electron chi connectivity index (χ4n) is 3.03. The minimum absolute atomic E-state index is 0.0153. The lowest BCUT2D eigenvalue weighted by atomic mass is 10.1.